The molecule has 0 aliphatic carbocycles. The number of nitrogens with zero attached hydrogens (tertiary/aromatic N) is 6. The van der Waals surface area contributed by atoms with Crippen LogP contribution in [0.3, 0.4) is 0 Å². The summed E-state index contributed by atoms with van der Waals surface area (Å²) in [6.07, 6.45) is 6.31. The highest BCUT2D eigenvalue weighted by atomic mass is 35.5. The molecule has 7 nitrogen and oxygen atoms in total. The number of hydrogen-bond acceptors (Lipinski definition) is 5. The molecule has 0 atom stereocenters. The van der Waals surface area contributed by atoms with Crippen LogP contribution < -0.4 is 10.5 Å². The fourth-order valence-electron chi connectivity index (χ4n) is 3.76. The number of halogens is 3. The van der Waals surface area contributed by atoms with Gasteiger partial charge in [0.15, 0.2) is 5.82 Å². The number of aryl methyl sites for hydroxylation is 1. The minimum atomic E-state index is -0.879. The topological polar surface area (TPSA) is 59.2 Å². The lowest BCUT2D eigenvalue weighted by atomic mass is 10.3. The molecule has 0 spiro atoms. The lowest BCUT2D eigenvalue weighted by Crippen LogP contribution is -2.32. The molecule has 4 rings (SSSR count). The van der Waals surface area contributed by atoms with Gasteiger partial charge in [-0.15, -0.1) is 0 Å². The zero-order valence-corrected chi connectivity index (χ0v) is 17.9. The molecule has 1 aliphatic heterocycles. The summed E-state index contributed by atoms with van der Waals surface area (Å²) in [5.74, 6) is -1.61. The van der Waals surface area contributed by atoms with Crippen LogP contribution >= 0.6 is 11.6 Å². The number of hydrogen-bond donors (Lipinski definition) is 0. The van der Waals surface area contributed by atoms with Crippen LogP contribution in [0.4, 0.5) is 14.5 Å². The summed E-state index contributed by atoms with van der Waals surface area (Å²) in [5, 5.41) is 8.39. The third kappa shape index (κ3) is 4.62. The normalized spacial score (nSPS) is 15.3. The number of benzene rings is 1. The van der Waals surface area contributed by atoms with Crippen LogP contribution in [0.5, 0.6) is 0 Å². The van der Waals surface area contributed by atoms with Gasteiger partial charge < -0.3 is 4.90 Å². The van der Waals surface area contributed by atoms with Crippen LogP contribution in [-0.4, -0.2) is 50.6 Å². The Hall–Kier alpha value is -2.78. The van der Waals surface area contributed by atoms with E-state index in [4.69, 9.17) is 11.6 Å². The monoisotopic (exact) mass is 448 g/mol. The Morgan fingerprint density at radius 1 is 1.06 bits per heavy atom. The van der Waals surface area contributed by atoms with Gasteiger partial charge in [0, 0.05) is 57.1 Å². The molecule has 0 radical (unpaired) electrons. The van der Waals surface area contributed by atoms with Gasteiger partial charge in [-0.25, -0.2) is 8.78 Å². The smallest absolute Gasteiger partial charge is 0.292 e. The number of aromatic nitrogens is 4. The highest BCUT2D eigenvalue weighted by molar-refractivity contribution is 6.33. The summed E-state index contributed by atoms with van der Waals surface area (Å²) < 4.78 is 30.1. The molecule has 0 amide bonds. The summed E-state index contributed by atoms with van der Waals surface area (Å²) >= 11 is 6.37. The maximum atomic E-state index is 14.1. The van der Waals surface area contributed by atoms with E-state index < -0.39 is 17.2 Å². The molecule has 2 aromatic heterocycles. The second-order valence-electron chi connectivity index (χ2n) is 7.48. The van der Waals surface area contributed by atoms with E-state index in [1.165, 1.54) is 17.8 Å². The molecule has 0 bridgehead atoms. The van der Waals surface area contributed by atoms with Crippen molar-refractivity contribution < 1.29 is 8.78 Å². The van der Waals surface area contributed by atoms with Crippen molar-refractivity contribution in [2.24, 2.45) is 0 Å². The lowest BCUT2D eigenvalue weighted by Gasteiger charge is -2.24. The number of anilines is 1. The van der Waals surface area contributed by atoms with Crippen molar-refractivity contribution in [3.8, 4) is 5.69 Å². The van der Waals surface area contributed by atoms with E-state index in [-0.39, 0.29) is 10.7 Å². The van der Waals surface area contributed by atoms with Crippen LogP contribution in [0.25, 0.3) is 5.69 Å². The SMILES string of the molecule is CCn1cc(CN2CCCN(c3cnn(-c4ccc(F)cc4F)c(=O)c3Cl)CC2)cn1. The molecule has 0 unspecified atom stereocenters. The van der Waals surface area contributed by atoms with Crippen molar-refractivity contribution in [2.45, 2.75) is 26.4 Å². The maximum absolute atomic E-state index is 14.1. The van der Waals surface area contributed by atoms with Crippen molar-refractivity contribution >= 4 is 17.3 Å². The molecule has 1 fully saturated rings. The van der Waals surface area contributed by atoms with E-state index in [9.17, 15) is 13.6 Å². The van der Waals surface area contributed by atoms with Gasteiger partial charge in [0.25, 0.3) is 5.56 Å². The van der Waals surface area contributed by atoms with Crippen molar-refractivity contribution in [2.75, 3.05) is 31.1 Å². The van der Waals surface area contributed by atoms with Crippen molar-refractivity contribution in [3.63, 3.8) is 0 Å². The zero-order valence-electron chi connectivity index (χ0n) is 17.1. The first-order valence-corrected chi connectivity index (χ1v) is 10.6. The molecule has 1 aliphatic rings. The molecule has 1 aromatic carbocycles. The average Bonchev–Trinajstić information content (AvgIpc) is 3.08. The summed E-state index contributed by atoms with van der Waals surface area (Å²) in [6.45, 7) is 6.81. The van der Waals surface area contributed by atoms with Crippen molar-refractivity contribution in [1.29, 1.82) is 0 Å². The van der Waals surface area contributed by atoms with Gasteiger partial charge in [-0.3, -0.25) is 14.4 Å². The minimum Gasteiger partial charge on any atom is -0.368 e. The predicted molar refractivity (Wildman–Crippen MR) is 115 cm³/mol. The van der Waals surface area contributed by atoms with Gasteiger partial charge in [0.1, 0.15) is 16.5 Å². The van der Waals surface area contributed by atoms with Gasteiger partial charge in [-0.05, 0) is 25.5 Å². The quantitative estimate of drug-likeness (QED) is 0.600. The maximum Gasteiger partial charge on any atom is 0.292 e. The Morgan fingerprint density at radius 3 is 2.65 bits per heavy atom. The molecule has 3 aromatic rings. The van der Waals surface area contributed by atoms with E-state index in [1.54, 1.807) is 0 Å². The van der Waals surface area contributed by atoms with Crippen molar-refractivity contribution in [3.05, 3.63) is 69.4 Å². The van der Waals surface area contributed by atoms with E-state index in [0.29, 0.717) is 18.3 Å². The van der Waals surface area contributed by atoms with Crippen LogP contribution in [0, 0.1) is 11.6 Å². The summed E-state index contributed by atoms with van der Waals surface area (Å²) in [6, 6.07) is 2.94. The molecule has 1 saturated heterocycles. The first-order chi connectivity index (χ1) is 15.0. The second kappa shape index (κ2) is 9.15. The minimum absolute atomic E-state index is 0.0311. The largest absolute Gasteiger partial charge is 0.368 e. The average molecular weight is 449 g/mol. The fourth-order valence-corrected chi connectivity index (χ4v) is 4.01. The Balaban J connectivity index is 1.50. The molecular formula is C21H23ClF2N6O. The van der Waals surface area contributed by atoms with Gasteiger partial charge in [0.2, 0.25) is 0 Å². The molecule has 3 heterocycles. The van der Waals surface area contributed by atoms with E-state index in [0.717, 1.165) is 49.9 Å². The number of rotatable bonds is 5. The lowest BCUT2D eigenvalue weighted by molar-refractivity contribution is 0.285. The predicted octanol–water partition coefficient (Wildman–Crippen LogP) is 3.09. The third-order valence-electron chi connectivity index (χ3n) is 5.38. The van der Waals surface area contributed by atoms with Gasteiger partial charge in [-0.2, -0.15) is 14.9 Å². The van der Waals surface area contributed by atoms with E-state index in [1.807, 2.05) is 15.8 Å². The summed E-state index contributed by atoms with van der Waals surface area (Å²) in [5.41, 5.74) is 0.900. The van der Waals surface area contributed by atoms with Gasteiger partial charge >= 0.3 is 0 Å². The Morgan fingerprint density at radius 2 is 1.90 bits per heavy atom. The van der Waals surface area contributed by atoms with E-state index >= 15 is 0 Å². The molecular weight excluding hydrogens is 426 g/mol. The van der Waals surface area contributed by atoms with Crippen LogP contribution in [0.2, 0.25) is 5.02 Å². The first kappa shape index (κ1) is 21.5. The zero-order chi connectivity index (χ0) is 22.0. The Bertz CT molecular complexity index is 1130. The second-order valence-corrected chi connectivity index (χ2v) is 7.86. The summed E-state index contributed by atoms with van der Waals surface area (Å²) in [4.78, 5) is 17.1. The summed E-state index contributed by atoms with van der Waals surface area (Å²) in [7, 11) is 0. The van der Waals surface area contributed by atoms with Crippen LogP contribution in [-0.2, 0) is 13.1 Å². The fraction of sp³-hybridized carbons (Fsp3) is 0.381. The molecule has 0 N–H and O–H groups in total. The van der Waals surface area contributed by atoms with Gasteiger partial charge in [0.05, 0.1) is 18.1 Å². The van der Waals surface area contributed by atoms with Crippen LogP contribution in [0.1, 0.15) is 18.9 Å². The molecule has 164 valence electrons. The third-order valence-corrected chi connectivity index (χ3v) is 5.74. The molecule has 0 saturated carbocycles. The molecule has 31 heavy (non-hydrogen) atoms. The highest BCUT2D eigenvalue weighted by Gasteiger charge is 2.21. The van der Waals surface area contributed by atoms with Crippen LogP contribution in [0.15, 0.2) is 41.6 Å². The Labute approximate surface area is 183 Å². The van der Waals surface area contributed by atoms with E-state index in [2.05, 4.69) is 28.2 Å². The van der Waals surface area contributed by atoms with Crippen molar-refractivity contribution in [1.82, 2.24) is 24.5 Å². The highest BCUT2D eigenvalue weighted by Crippen LogP contribution is 2.24. The molecule has 10 heteroatoms. The standard InChI is InChI=1S/C21H23ClF2N6O/c1-2-29-14-15(11-25-29)13-27-6-3-7-28(9-8-27)19-12-26-30(21(31)20(19)22)18-5-4-16(23)10-17(18)24/h4-5,10-12,14H,2-3,6-9,13H2,1H3. The first-order valence-electron chi connectivity index (χ1n) is 10.2. The Kier molecular flexibility index (Phi) is 6.33. The van der Waals surface area contributed by atoms with Gasteiger partial charge in [-0.1, -0.05) is 11.6 Å².